The number of halogens is 1. The van der Waals surface area contributed by atoms with Crippen molar-refractivity contribution in [2.45, 2.75) is 6.42 Å². The quantitative estimate of drug-likeness (QED) is 0.809. The Kier molecular flexibility index (Phi) is 2.87. The summed E-state index contributed by atoms with van der Waals surface area (Å²) in [5.41, 5.74) is 1.60. The zero-order valence-electron chi connectivity index (χ0n) is 9.93. The summed E-state index contributed by atoms with van der Waals surface area (Å²) in [7, 11) is 0. The lowest BCUT2D eigenvalue weighted by atomic mass is 10.2. The molecule has 5 heteroatoms. The average molecular weight is 276 g/mol. The van der Waals surface area contributed by atoms with Crippen LogP contribution < -0.4 is 4.90 Å². The normalized spacial score (nSPS) is 13.7. The average Bonchev–Trinajstić information content (AvgIpc) is 2.99. The van der Waals surface area contributed by atoms with E-state index in [2.05, 4.69) is 0 Å². The van der Waals surface area contributed by atoms with Gasteiger partial charge in [-0.3, -0.25) is 9.59 Å². The summed E-state index contributed by atoms with van der Waals surface area (Å²) >= 11 is 5.93. The number of amides is 1. The van der Waals surface area contributed by atoms with Gasteiger partial charge in [-0.15, -0.1) is 0 Å². The van der Waals surface area contributed by atoms with Crippen LogP contribution in [0.4, 0.5) is 5.69 Å². The van der Waals surface area contributed by atoms with Crippen LogP contribution in [0.15, 0.2) is 41.0 Å². The van der Waals surface area contributed by atoms with Gasteiger partial charge in [0.05, 0.1) is 19.2 Å². The molecule has 0 N–H and O–H groups in total. The molecular formula is C14H10ClNO3. The highest BCUT2D eigenvalue weighted by atomic mass is 35.5. The number of Topliss-reactive ketones (excluding diaryl/α,β-unsaturated/α-hetero) is 1. The summed E-state index contributed by atoms with van der Waals surface area (Å²) in [4.78, 5) is 25.4. The minimum Gasteiger partial charge on any atom is -0.461 e. The monoisotopic (exact) mass is 275 g/mol. The molecule has 96 valence electrons. The summed E-state index contributed by atoms with van der Waals surface area (Å²) in [5, 5.41) is 0.545. The molecule has 0 aliphatic carbocycles. The molecular weight excluding hydrogens is 266 g/mol. The van der Waals surface area contributed by atoms with Gasteiger partial charge in [0.15, 0.2) is 5.76 Å². The molecule has 0 spiro atoms. The van der Waals surface area contributed by atoms with Crippen molar-refractivity contribution in [3.63, 3.8) is 0 Å². The Balaban J connectivity index is 1.88. The molecule has 0 saturated heterocycles. The van der Waals surface area contributed by atoms with Gasteiger partial charge in [0.1, 0.15) is 0 Å². The van der Waals surface area contributed by atoms with Crippen LogP contribution in [0.1, 0.15) is 16.1 Å². The van der Waals surface area contributed by atoms with Crippen LogP contribution in [0.3, 0.4) is 0 Å². The van der Waals surface area contributed by atoms with E-state index in [1.165, 1.54) is 11.2 Å². The van der Waals surface area contributed by atoms with E-state index in [1.54, 1.807) is 24.3 Å². The van der Waals surface area contributed by atoms with Gasteiger partial charge in [-0.1, -0.05) is 17.7 Å². The zero-order valence-corrected chi connectivity index (χ0v) is 10.7. The van der Waals surface area contributed by atoms with Crippen molar-refractivity contribution < 1.29 is 14.0 Å². The third-order valence-electron chi connectivity index (χ3n) is 3.08. The number of hydrogen-bond donors (Lipinski definition) is 0. The van der Waals surface area contributed by atoms with Crippen LogP contribution in [-0.2, 0) is 11.2 Å². The molecule has 0 atom stereocenters. The third-order valence-corrected chi connectivity index (χ3v) is 3.31. The first-order chi connectivity index (χ1) is 9.15. The zero-order chi connectivity index (χ0) is 13.4. The van der Waals surface area contributed by atoms with Gasteiger partial charge in [-0.25, -0.2) is 0 Å². The summed E-state index contributed by atoms with van der Waals surface area (Å²) in [6.07, 6.45) is 1.74. The smallest absolute Gasteiger partial charge is 0.231 e. The summed E-state index contributed by atoms with van der Waals surface area (Å²) in [6, 6.07) is 8.49. The van der Waals surface area contributed by atoms with Crippen molar-refractivity contribution in [1.82, 2.24) is 0 Å². The molecule has 1 aliphatic rings. The Morgan fingerprint density at radius 1 is 1.37 bits per heavy atom. The summed E-state index contributed by atoms with van der Waals surface area (Å²) in [5.74, 6) is -0.0772. The van der Waals surface area contributed by atoms with Crippen molar-refractivity contribution in [1.29, 1.82) is 0 Å². The fourth-order valence-electron chi connectivity index (χ4n) is 2.16. The highest BCUT2D eigenvalue weighted by Gasteiger charge is 2.29. The van der Waals surface area contributed by atoms with Crippen molar-refractivity contribution >= 4 is 29.0 Å². The highest BCUT2D eigenvalue weighted by molar-refractivity contribution is 6.31. The Morgan fingerprint density at radius 3 is 2.95 bits per heavy atom. The number of ketones is 1. The van der Waals surface area contributed by atoms with Crippen molar-refractivity contribution in [2.75, 3.05) is 11.4 Å². The number of rotatable bonds is 3. The molecule has 1 aromatic heterocycles. The number of nitrogens with zero attached hydrogens (tertiary/aromatic N) is 1. The number of fused-ring (bicyclic) bond motifs is 1. The first-order valence-corrected chi connectivity index (χ1v) is 6.18. The van der Waals surface area contributed by atoms with E-state index in [9.17, 15) is 9.59 Å². The maximum absolute atomic E-state index is 12.0. The Hall–Kier alpha value is -2.07. The van der Waals surface area contributed by atoms with Gasteiger partial charge in [0.2, 0.25) is 11.7 Å². The van der Waals surface area contributed by atoms with Crippen molar-refractivity contribution in [3.8, 4) is 0 Å². The van der Waals surface area contributed by atoms with Gasteiger partial charge in [0.25, 0.3) is 0 Å². The number of carbonyl (C=O) groups is 2. The molecule has 0 fully saturated rings. The SMILES string of the molecule is O=C(CN1C(=O)Cc2ccc(Cl)cc21)c1ccco1. The lowest BCUT2D eigenvalue weighted by Gasteiger charge is -2.15. The Morgan fingerprint density at radius 2 is 2.21 bits per heavy atom. The molecule has 1 aromatic carbocycles. The standard InChI is InChI=1S/C14H10ClNO3/c15-10-4-3-9-6-14(18)16(11(9)7-10)8-12(17)13-2-1-5-19-13/h1-5,7H,6,8H2. The van der Waals surface area contributed by atoms with E-state index in [0.29, 0.717) is 17.1 Å². The molecule has 4 nitrogen and oxygen atoms in total. The van der Waals surface area contributed by atoms with Crippen LogP contribution in [0.5, 0.6) is 0 Å². The van der Waals surface area contributed by atoms with Gasteiger partial charge in [-0.2, -0.15) is 0 Å². The predicted molar refractivity (Wildman–Crippen MR) is 70.5 cm³/mol. The van der Waals surface area contributed by atoms with Crippen LogP contribution in [0, 0.1) is 0 Å². The molecule has 1 amide bonds. The molecule has 19 heavy (non-hydrogen) atoms. The first kappa shape index (κ1) is 12.0. The molecule has 0 bridgehead atoms. The van der Waals surface area contributed by atoms with Gasteiger partial charge in [0, 0.05) is 10.7 Å². The number of carbonyl (C=O) groups excluding carboxylic acids is 2. The molecule has 0 saturated carbocycles. The predicted octanol–water partition coefficient (Wildman–Crippen LogP) is 2.71. The minimum atomic E-state index is -0.230. The second-order valence-electron chi connectivity index (χ2n) is 4.33. The Labute approximate surface area is 114 Å². The molecule has 3 rings (SSSR count). The number of hydrogen-bond acceptors (Lipinski definition) is 3. The van der Waals surface area contributed by atoms with E-state index in [1.807, 2.05) is 6.07 Å². The maximum Gasteiger partial charge on any atom is 0.231 e. The maximum atomic E-state index is 12.0. The topological polar surface area (TPSA) is 50.5 Å². The molecule has 1 aliphatic heterocycles. The second-order valence-corrected chi connectivity index (χ2v) is 4.77. The molecule has 2 heterocycles. The molecule has 2 aromatic rings. The van der Waals surface area contributed by atoms with Gasteiger partial charge in [-0.05, 0) is 29.8 Å². The van der Waals surface area contributed by atoms with Crippen LogP contribution >= 0.6 is 11.6 Å². The van der Waals surface area contributed by atoms with E-state index in [0.717, 1.165) is 5.56 Å². The third kappa shape index (κ3) is 2.15. The number of furan rings is 1. The molecule has 0 unspecified atom stereocenters. The lowest BCUT2D eigenvalue weighted by molar-refractivity contribution is -0.117. The summed E-state index contributed by atoms with van der Waals surface area (Å²) < 4.78 is 5.04. The van der Waals surface area contributed by atoms with E-state index in [4.69, 9.17) is 16.0 Å². The summed E-state index contributed by atoms with van der Waals surface area (Å²) in [6.45, 7) is -0.0281. The Bertz CT molecular complexity index is 649. The minimum absolute atomic E-state index is 0.0281. The van der Waals surface area contributed by atoms with Gasteiger partial charge < -0.3 is 9.32 Å². The van der Waals surface area contributed by atoms with E-state index < -0.39 is 0 Å². The highest BCUT2D eigenvalue weighted by Crippen LogP contribution is 2.31. The number of anilines is 1. The number of benzene rings is 1. The van der Waals surface area contributed by atoms with Crippen LogP contribution in [-0.4, -0.2) is 18.2 Å². The lowest BCUT2D eigenvalue weighted by Crippen LogP contribution is -2.32. The van der Waals surface area contributed by atoms with Crippen molar-refractivity contribution in [3.05, 3.63) is 52.9 Å². The fraction of sp³-hybridized carbons (Fsp3) is 0.143. The van der Waals surface area contributed by atoms with Crippen LogP contribution in [0.25, 0.3) is 0 Å². The first-order valence-electron chi connectivity index (χ1n) is 5.80. The molecule has 0 radical (unpaired) electrons. The van der Waals surface area contributed by atoms with E-state index in [-0.39, 0.29) is 24.0 Å². The fourth-order valence-corrected chi connectivity index (χ4v) is 2.33. The van der Waals surface area contributed by atoms with Gasteiger partial charge >= 0.3 is 0 Å². The van der Waals surface area contributed by atoms with Crippen LogP contribution in [0.2, 0.25) is 5.02 Å². The largest absolute Gasteiger partial charge is 0.461 e. The van der Waals surface area contributed by atoms with Crippen molar-refractivity contribution in [2.24, 2.45) is 0 Å². The second kappa shape index (κ2) is 4.55. The van der Waals surface area contributed by atoms with E-state index >= 15 is 0 Å².